The van der Waals surface area contributed by atoms with Gasteiger partial charge in [-0.2, -0.15) is 5.10 Å². The summed E-state index contributed by atoms with van der Waals surface area (Å²) in [4.78, 5) is 23.6. The molecule has 0 saturated heterocycles. The van der Waals surface area contributed by atoms with Gasteiger partial charge in [-0.15, -0.1) is 0 Å². The van der Waals surface area contributed by atoms with Gasteiger partial charge >= 0.3 is 0 Å². The minimum atomic E-state index is -0.325. The average molecular weight is 344 g/mol. The third kappa shape index (κ3) is 6.00. The molecule has 1 aromatic rings. The van der Waals surface area contributed by atoms with Gasteiger partial charge in [-0.05, 0) is 41.9 Å². The van der Waals surface area contributed by atoms with E-state index < -0.39 is 0 Å². The summed E-state index contributed by atoms with van der Waals surface area (Å²) in [7, 11) is 0. The Kier molecular flexibility index (Phi) is 6.34. The van der Waals surface area contributed by atoms with Gasteiger partial charge in [0.25, 0.3) is 5.91 Å². The molecule has 0 spiro atoms. The quantitative estimate of drug-likeness (QED) is 0.798. The lowest BCUT2D eigenvalue weighted by Crippen LogP contribution is -2.32. The van der Waals surface area contributed by atoms with Gasteiger partial charge in [0, 0.05) is 18.6 Å². The number of ether oxygens (including phenoxy) is 1. The molecule has 0 bridgehead atoms. The van der Waals surface area contributed by atoms with Crippen molar-refractivity contribution in [1.29, 1.82) is 0 Å². The van der Waals surface area contributed by atoms with E-state index in [4.69, 9.17) is 4.74 Å². The monoisotopic (exact) mass is 344 g/mol. The number of ketones is 1. The van der Waals surface area contributed by atoms with Crippen LogP contribution in [0.15, 0.2) is 29.4 Å². The third-order valence-electron chi connectivity index (χ3n) is 4.53. The lowest BCUT2D eigenvalue weighted by atomic mass is 9.76. The minimum absolute atomic E-state index is 0.0905. The zero-order valence-electron chi connectivity index (χ0n) is 15.6. The van der Waals surface area contributed by atoms with Gasteiger partial charge in [0.15, 0.2) is 6.61 Å². The number of benzene rings is 1. The molecule has 5 heteroatoms. The topological polar surface area (TPSA) is 67.8 Å². The van der Waals surface area contributed by atoms with Gasteiger partial charge < -0.3 is 4.74 Å². The number of amides is 1. The second-order valence-electron chi connectivity index (χ2n) is 7.61. The van der Waals surface area contributed by atoms with Crippen LogP contribution in [0.4, 0.5) is 0 Å². The van der Waals surface area contributed by atoms with Crippen LogP contribution < -0.4 is 10.2 Å². The van der Waals surface area contributed by atoms with Gasteiger partial charge in [0.05, 0.1) is 0 Å². The molecular formula is C20H28N2O3. The lowest BCUT2D eigenvalue weighted by molar-refractivity contribution is -0.123. The summed E-state index contributed by atoms with van der Waals surface area (Å²) >= 11 is 0. The van der Waals surface area contributed by atoms with Gasteiger partial charge in [-0.3, -0.25) is 9.59 Å². The number of hydrogen-bond acceptors (Lipinski definition) is 4. The fourth-order valence-corrected chi connectivity index (χ4v) is 3.03. The first-order valence-corrected chi connectivity index (χ1v) is 8.88. The van der Waals surface area contributed by atoms with Gasteiger partial charge in [0.2, 0.25) is 0 Å². The molecule has 1 aliphatic carbocycles. The first-order valence-electron chi connectivity index (χ1n) is 8.88. The summed E-state index contributed by atoms with van der Waals surface area (Å²) in [5.41, 5.74) is 4.39. The van der Waals surface area contributed by atoms with Crippen molar-refractivity contribution in [3.63, 3.8) is 0 Å². The van der Waals surface area contributed by atoms with E-state index in [1.807, 2.05) is 38.1 Å². The molecule has 0 aliphatic heterocycles. The van der Waals surface area contributed by atoms with Crippen LogP contribution in [0.3, 0.4) is 0 Å². The number of rotatable bonds is 6. The summed E-state index contributed by atoms with van der Waals surface area (Å²) in [5, 5.41) is 4.11. The highest BCUT2D eigenvalue weighted by atomic mass is 16.5. The van der Waals surface area contributed by atoms with Crippen LogP contribution in [0.1, 0.15) is 64.9 Å². The predicted molar refractivity (Wildman–Crippen MR) is 98.9 cm³/mol. The molecule has 1 amide bonds. The highest BCUT2D eigenvalue weighted by molar-refractivity contribution is 6.05. The molecule has 1 N–H and O–H groups in total. The summed E-state index contributed by atoms with van der Waals surface area (Å²) in [5.74, 6) is 1.01. The van der Waals surface area contributed by atoms with Crippen molar-refractivity contribution in [2.45, 2.75) is 59.3 Å². The predicted octanol–water partition coefficient (Wildman–Crippen LogP) is 3.83. The highest BCUT2D eigenvalue weighted by Gasteiger charge is 2.30. The van der Waals surface area contributed by atoms with E-state index in [0.29, 0.717) is 24.5 Å². The molecule has 1 unspecified atom stereocenters. The Bertz CT molecular complexity index is 647. The molecule has 0 aromatic heterocycles. The number of hydrogen-bond donors (Lipinski definition) is 1. The molecule has 2 rings (SSSR count). The summed E-state index contributed by atoms with van der Waals surface area (Å²) < 4.78 is 5.49. The highest BCUT2D eigenvalue weighted by Crippen LogP contribution is 2.31. The Morgan fingerprint density at radius 2 is 1.96 bits per heavy atom. The van der Waals surface area contributed by atoms with Crippen molar-refractivity contribution in [2.24, 2.45) is 10.5 Å². The van der Waals surface area contributed by atoms with Crippen LogP contribution in [0.25, 0.3) is 0 Å². The van der Waals surface area contributed by atoms with E-state index in [1.54, 1.807) is 0 Å². The van der Waals surface area contributed by atoms with Gasteiger partial charge in [-0.25, -0.2) is 5.43 Å². The SMILES string of the molecule is CCC(C)c1ccc(OCC(=O)N/N=C2\CC(=O)CC(C)(C)C2)cc1. The second kappa shape index (κ2) is 8.28. The van der Waals surface area contributed by atoms with E-state index >= 15 is 0 Å². The molecular weight excluding hydrogens is 316 g/mol. The van der Waals surface area contributed by atoms with Crippen LogP contribution in [-0.2, 0) is 9.59 Å². The van der Waals surface area contributed by atoms with E-state index in [0.717, 1.165) is 18.6 Å². The molecule has 1 atom stereocenters. The Morgan fingerprint density at radius 1 is 1.28 bits per heavy atom. The molecule has 136 valence electrons. The van der Waals surface area contributed by atoms with E-state index in [2.05, 4.69) is 24.4 Å². The molecule has 1 saturated carbocycles. The standard InChI is InChI=1S/C20H28N2O3/c1-5-14(2)15-6-8-18(9-7-15)25-13-19(24)22-21-16-10-17(23)12-20(3,4)11-16/h6-9,14H,5,10-13H2,1-4H3,(H,22,24)/b21-16+. The maximum absolute atomic E-state index is 11.9. The summed E-state index contributed by atoms with van der Waals surface area (Å²) in [6.45, 7) is 8.31. The normalized spacial score (nSPS) is 19.5. The van der Waals surface area contributed by atoms with Crippen LogP contribution in [0.2, 0.25) is 0 Å². The lowest BCUT2D eigenvalue weighted by Gasteiger charge is -2.28. The van der Waals surface area contributed by atoms with Crippen molar-refractivity contribution in [3.8, 4) is 5.75 Å². The first kappa shape index (κ1) is 19.2. The van der Waals surface area contributed by atoms with Crippen LogP contribution >= 0.6 is 0 Å². The zero-order valence-corrected chi connectivity index (χ0v) is 15.6. The molecule has 1 aliphatic rings. The Balaban J connectivity index is 1.82. The minimum Gasteiger partial charge on any atom is -0.484 e. The van der Waals surface area contributed by atoms with Crippen molar-refractivity contribution in [3.05, 3.63) is 29.8 Å². The second-order valence-corrected chi connectivity index (χ2v) is 7.61. The van der Waals surface area contributed by atoms with Crippen molar-refractivity contribution >= 4 is 17.4 Å². The third-order valence-corrected chi connectivity index (χ3v) is 4.53. The molecule has 0 heterocycles. The number of carbonyl (C=O) groups excluding carboxylic acids is 2. The van der Waals surface area contributed by atoms with E-state index in [-0.39, 0.29) is 23.7 Å². The van der Waals surface area contributed by atoms with Crippen LogP contribution in [-0.4, -0.2) is 24.0 Å². The molecule has 1 fully saturated rings. The fraction of sp³-hybridized carbons (Fsp3) is 0.550. The fourth-order valence-electron chi connectivity index (χ4n) is 3.03. The summed E-state index contributed by atoms with van der Waals surface area (Å²) in [6.07, 6.45) is 2.69. The summed E-state index contributed by atoms with van der Waals surface area (Å²) in [6, 6.07) is 7.81. The first-order chi connectivity index (χ1) is 11.8. The van der Waals surface area contributed by atoms with Crippen molar-refractivity contribution < 1.29 is 14.3 Å². The Labute approximate surface area is 149 Å². The van der Waals surface area contributed by atoms with E-state index in [9.17, 15) is 9.59 Å². The molecule has 25 heavy (non-hydrogen) atoms. The van der Waals surface area contributed by atoms with Crippen LogP contribution in [0.5, 0.6) is 5.75 Å². The number of Topliss-reactive ketones (excluding diaryl/α,β-unsaturated/α-hetero) is 1. The largest absolute Gasteiger partial charge is 0.484 e. The van der Waals surface area contributed by atoms with Crippen LogP contribution in [0, 0.1) is 5.41 Å². The Hall–Kier alpha value is -2.17. The van der Waals surface area contributed by atoms with Crippen molar-refractivity contribution in [2.75, 3.05) is 6.61 Å². The van der Waals surface area contributed by atoms with Crippen molar-refractivity contribution in [1.82, 2.24) is 5.43 Å². The number of hydrazone groups is 1. The molecule has 1 aromatic carbocycles. The molecule has 0 radical (unpaired) electrons. The average Bonchev–Trinajstić information content (AvgIpc) is 2.56. The van der Waals surface area contributed by atoms with Gasteiger partial charge in [-0.1, -0.05) is 39.8 Å². The number of nitrogens with zero attached hydrogens (tertiary/aromatic N) is 1. The smallest absolute Gasteiger partial charge is 0.277 e. The Morgan fingerprint density at radius 3 is 2.56 bits per heavy atom. The maximum Gasteiger partial charge on any atom is 0.277 e. The number of nitrogens with one attached hydrogen (secondary N) is 1. The van der Waals surface area contributed by atoms with E-state index in [1.165, 1.54) is 5.56 Å². The zero-order chi connectivity index (χ0) is 18.4. The maximum atomic E-state index is 11.9. The number of carbonyl (C=O) groups is 2. The van der Waals surface area contributed by atoms with Gasteiger partial charge in [0.1, 0.15) is 11.5 Å². The molecule has 5 nitrogen and oxygen atoms in total.